The summed E-state index contributed by atoms with van der Waals surface area (Å²) in [4.78, 5) is 24.2. The van der Waals surface area contributed by atoms with Crippen LogP contribution < -0.4 is 31.2 Å². The van der Waals surface area contributed by atoms with Gasteiger partial charge in [0.1, 0.15) is 0 Å². The third-order valence-electron chi connectivity index (χ3n) is 4.74. The van der Waals surface area contributed by atoms with E-state index >= 15 is 0 Å². The predicted octanol–water partition coefficient (Wildman–Crippen LogP) is 2.55. The van der Waals surface area contributed by atoms with Gasteiger partial charge in [0.15, 0.2) is 18.1 Å². The van der Waals surface area contributed by atoms with Crippen molar-refractivity contribution in [1.82, 2.24) is 20.9 Å². The van der Waals surface area contributed by atoms with Crippen LogP contribution in [0.4, 0.5) is 11.5 Å². The van der Waals surface area contributed by atoms with Gasteiger partial charge in [-0.05, 0) is 47.9 Å². The topological polar surface area (TPSA) is 154 Å². The fourth-order valence-electron chi connectivity index (χ4n) is 3.00. The largest absolute Gasteiger partial charge is 0.490 e. The quantitative estimate of drug-likeness (QED) is 0.273. The van der Waals surface area contributed by atoms with Crippen LogP contribution in [0.2, 0.25) is 5.02 Å². The summed E-state index contributed by atoms with van der Waals surface area (Å²) in [5, 5.41) is 15.9. The Morgan fingerprint density at radius 1 is 1.09 bits per heavy atom. The molecule has 0 bridgehead atoms. The van der Waals surface area contributed by atoms with Crippen molar-refractivity contribution in [2.24, 2.45) is 0 Å². The van der Waals surface area contributed by atoms with Gasteiger partial charge in [-0.15, -0.1) is 0 Å². The highest BCUT2D eigenvalue weighted by atomic mass is 35.5. The van der Waals surface area contributed by atoms with E-state index in [1.807, 2.05) is 38.1 Å². The maximum absolute atomic E-state index is 12.3. The Kier molecular flexibility index (Phi) is 9.27. The summed E-state index contributed by atoms with van der Waals surface area (Å²) < 4.78 is 15.8. The molecular formula is C23H27ClN6O5. The molecule has 0 fully saturated rings. The number of nitrogens with two attached hydrogens (primary N) is 1. The van der Waals surface area contributed by atoms with Gasteiger partial charge >= 0.3 is 0 Å². The normalized spacial score (nSPS) is 10.6. The number of halogens is 1. The minimum absolute atomic E-state index is 0.0578. The van der Waals surface area contributed by atoms with E-state index in [1.165, 1.54) is 0 Å². The van der Waals surface area contributed by atoms with Crippen LogP contribution in [0.25, 0.3) is 0 Å². The van der Waals surface area contributed by atoms with Crippen molar-refractivity contribution in [2.45, 2.75) is 20.4 Å². The predicted molar refractivity (Wildman–Crippen MR) is 131 cm³/mol. The summed E-state index contributed by atoms with van der Waals surface area (Å²) in [6, 6.07) is 10.8. The number of ether oxygens (including phenoxy) is 2. The van der Waals surface area contributed by atoms with Crippen molar-refractivity contribution in [1.29, 1.82) is 0 Å². The van der Waals surface area contributed by atoms with Crippen molar-refractivity contribution >= 4 is 34.9 Å². The minimum Gasteiger partial charge on any atom is -0.490 e. The van der Waals surface area contributed by atoms with Crippen molar-refractivity contribution in [3.8, 4) is 11.5 Å². The van der Waals surface area contributed by atoms with Gasteiger partial charge in [-0.2, -0.15) is 0 Å². The molecule has 0 radical (unpaired) electrons. The molecule has 3 aromatic rings. The maximum Gasteiger partial charge on any atom is 0.277 e. The molecule has 0 aliphatic carbocycles. The number of carbonyl (C=O) groups excluding carboxylic acids is 2. The first-order valence-electron chi connectivity index (χ1n) is 10.9. The maximum atomic E-state index is 12.3. The van der Waals surface area contributed by atoms with Crippen molar-refractivity contribution in [3.63, 3.8) is 0 Å². The zero-order chi connectivity index (χ0) is 25.2. The van der Waals surface area contributed by atoms with Gasteiger partial charge in [0.05, 0.1) is 6.61 Å². The van der Waals surface area contributed by atoms with E-state index in [0.717, 1.165) is 11.1 Å². The van der Waals surface area contributed by atoms with Gasteiger partial charge in [0.2, 0.25) is 11.5 Å². The van der Waals surface area contributed by atoms with Crippen LogP contribution in [-0.4, -0.2) is 48.4 Å². The van der Waals surface area contributed by atoms with E-state index < -0.39 is 5.91 Å². The van der Waals surface area contributed by atoms with Crippen LogP contribution in [0.3, 0.4) is 0 Å². The molecule has 0 unspecified atom stereocenters. The first kappa shape index (κ1) is 25.8. The SMILES string of the molecule is CCOc1cc(CNCCNC(=O)c2nonc2N)c(Cl)cc1OCC(=O)Nc1ccc(C)cc1. The van der Waals surface area contributed by atoms with E-state index in [-0.39, 0.29) is 24.0 Å². The number of nitrogen functional groups attached to an aromatic ring is 1. The smallest absolute Gasteiger partial charge is 0.277 e. The first-order valence-corrected chi connectivity index (χ1v) is 11.3. The summed E-state index contributed by atoms with van der Waals surface area (Å²) in [6.07, 6.45) is 0. The Hall–Kier alpha value is -3.83. The lowest BCUT2D eigenvalue weighted by molar-refractivity contribution is -0.118. The average Bonchev–Trinajstić information content (AvgIpc) is 3.27. The molecule has 11 nitrogen and oxygen atoms in total. The monoisotopic (exact) mass is 502 g/mol. The third-order valence-corrected chi connectivity index (χ3v) is 5.09. The molecule has 1 heterocycles. The molecule has 3 rings (SSSR count). The van der Waals surface area contributed by atoms with Crippen LogP contribution >= 0.6 is 11.6 Å². The number of hydrogen-bond donors (Lipinski definition) is 4. The molecule has 12 heteroatoms. The van der Waals surface area contributed by atoms with E-state index in [1.54, 1.807) is 12.1 Å². The second kappa shape index (κ2) is 12.6. The number of nitrogens with zero attached hydrogens (tertiary/aromatic N) is 2. The van der Waals surface area contributed by atoms with Crippen molar-refractivity contribution in [3.05, 3.63) is 58.2 Å². The molecule has 2 amide bonds. The van der Waals surface area contributed by atoms with Crippen LogP contribution in [-0.2, 0) is 11.3 Å². The summed E-state index contributed by atoms with van der Waals surface area (Å²) in [5.41, 5.74) is 7.99. The number of hydrogen-bond acceptors (Lipinski definition) is 9. The molecule has 1 aromatic heterocycles. The number of benzene rings is 2. The van der Waals surface area contributed by atoms with Crippen LogP contribution in [0.15, 0.2) is 41.0 Å². The number of rotatable bonds is 12. The lowest BCUT2D eigenvalue weighted by atomic mass is 10.2. The zero-order valence-corrected chi connectivity index (χ0v) is 20.1. The fraction of sp³-hybridized carbons (Fsp3) is 0.304. The lowest BCUT2D eigenvalue weighted by Crippen LogP contribution is -2.32. The van der Waals surface area contributed by atoms with Crippen molar-refractivity contribution in [2.75, 3.05) is 37.4 Å². The number of amides is 2. The Morgan fingerprint density at radius 3 is 2.51 bits per heavy atom. The molecule has 186 valence electrons. The molecule has 0 saturated carbocycles. The van der Waals surface area contributed by atoms with Gasteiger partial charge in [0, 0.05) is 36.4 Å². The summed E-state index contributed by atoms with van der Waals surface area (Å²) in [7, 11) is 0. The Labute approximate surface area is 207 Å². The van der Waals surface area contributed by atoms with E-state index in [2.05, 4.69) is 30.9 Å². The van der Waals surface area contributed by atoms with Crippen molar-refractivity contribution < 1.29 is 23.7 Å². The number of aryl methyl sites for hydroxylation is 1. The number of nitrogens with one attached hydrogen (secondary N) is 3. The molecule has 5 N–H and O–H groups in total. The lowest BCUT2D eigenvalue weighted by Gasteiger charge is -2.15. The second-order valence-corrected chi connectivity index (χ2v) is 7.86. The zero-order valence-electron chi connectivity index (χ0n) is 19.4. The van der Waals surface area contributed by atoms with Crippen LogP contribution in [0.1, 0.15) is 28.5 Å². The van der Waals surface area contributed by atoms with E-state index in [0.29, 0.717) is 48.5 Å². The van der Waals surface area contributed by atoms with E-state index in [4.69, 9.17) is 26.8 Å². The minimum atomic E-state index is -0.477. The summed E-state index contributed by atoms with van der Waals surface area (Å²) in [5.74, 6) is -0.0102. The Balaban J connectivity index is 1.50. The highest BCUT2D eigenvalue weighted by Gasteiger charge is 2.16. The second-order valence-electron chi connectivity index (χ2n) is 7.46. The molecule has 0 saturated heterocycles. The Morgan fingerprint density at radius 2 is 1.83 bits per heavy atom. The van der Waals surface area contributed by atoms with Gasteiger partial charge in [-0.3, -0.25) is 9.59 Å². The molecular weight excluding hydrogens is 476 g/mol. The molecule has 35 heavy (non-hydrogen) atoms. The molecule has 0 atom stereocenters. The molecule has 0 aliphatic rings. The average molecular weight is 503 g/mol. The molecule has 0 spiro atoms. The number of carbonyl (C=O) groups is 2. The highest BCUT2D eigenvalue weighted by Crippen LogP contribution is 2.33. The summed E-state index contributed by atoms with van der Waals surface area (Å²) in [6.45, 7) is 5.21. The van der Waals surface area contributed by atoms with Gasteiger partial charge in [0.25, 0.3) is 11.8 Å². The molecule has 0 aliphatic heterocycles. The van der Waals surface area contributed by atoms with Crippen LogP contribution in [0, 0.1) is 6.92 Å². The van der Waals surface area contributed by atoms with Crippen LogP contribution in [0.5, 0.6) is 11.5 Å². The molecule has 2 aromatic carbocycles. The fourth-order valence-corrected chi connectivity index (χ4v) is 3.22. The Bertz CT molecular complexity index is 1150. The number of aromatic nitrogens is 2. The van der Waals surface area contributed by atoms with Gasteiger partial charge in [-0.25, -0.2) is 4.63 Å². The number of anilines is 2. The van der Waals surface area contributed by atoms with Gasteiger partial charge in [-0.1, -0.05) is 29.3 Å². The third kappa shape index (κ3) is 7.59. The standard InChI is InChI=1S/C23H27ClN6O5/c1-3-33-18-10-15(12-26-8-9-27-23(32)21-22(25)30-35-29-21)17(24)11-19(18)34-13-20(31)28-16-6-4-14(2)5-7-16/h4-7,10-11,26H,3,8-9,12-13H2,1-2H3,(H2,25,30)(H,27,32)(H,28,31). The van der Waals surface area contributed by atoms with Gasteiger partial charge < -0.3 is 31.2 Å². The van der Waals surface area contributed by atoms with E-state index in [9.17, 15) is 9.59 Å². The highest BCUT2D eigenvalue weighted by molar-refractivity contribution is 6.31. The first-order chi connectivity index (χ1) is 16.9. The summed E-state index contributed by atoms with van der Waals surface area (Å²) >= 11 is 6.42.